The maximum Gasteiger partial charge on any atom is 0.194 e. The Balaban J connectivity index is 2.07. The van der Waals surface area contributed by atoms with Crippen molar-refractivity contribution in [2.45, 2.75) is 20.0 Å². The molecule has 1 aromatic carbocycles. The average molecular weight is 302 g/mol. The third-order valence-corrected chi connectivity index (χ3v) is 3.45. The molecule has 0 fully saturated rings. The molecule has 0 aliphatic rings. The summed E-state index contributed by atoms with van der Waals surface area (Å²) in [5.41, 5.74) is 2.07. The van der Waals surface area contributed by atoms with Crippen LogP contribution >= 0.6 is 0 Å². The van der Waals surface area contributed by atoms with Crippen LogP contribution < -0.4 is 5.32 Å². The van der Waals surface area contributed by atoms with E-state index in [1.165, 1.54) is 17.8 Å². The molecule has 0 unspecified atom stereocenters. The van der Waals surface area contributed by atoms with Crippen molar-refractivity contribution in [2.75, 3.05) is 13.6 Å². The zero-order chi connectivity index (χ0) is 15.9. The van der Waals surface area contributed by atoms with Gasteiger partial charge in [-0.25, -0.2) is 9.38 Å². The molecule has 0 aliphatic heterocycles. The lowest BCUT2D eigenvalue weighted by Crippen LogP contribution is -2.38. The number of halogens is 1. The van der Waals surface area contributed by atoms with Crippen LogP contribution in [0.1, 0.15) is 18.2 Å². The number of benzene rings is 1. The smallest absolute Gasteiger partial charge is 0.194 e. The van der Waals surface area contributed by atoms with Crippen molar-refractivity contribution in [3.8, 4) is 0 Å². The molecule has 5 heteroatoms. The van der Waals surface area contributed by atoms with Gasteiger partial charge in [-0.2, -0.15) is 0 Å². The van der Waals surface area contributed by atoms with Gasteiger partial charge in [0.05, 0.1) is 13.1 Å². The first-order valence-corrected chi connectivity index (χ1v) is 7.44. The number of aliphatic imine (C=N–C) groups is 1. The van der Waals surface area contributed by atoms with Crippen LogP contribution in [0.15, 0.2) is 47.6 Å². The van der Waals surface area contributed by atoms with Gasteiger partial charge >= 0.3 is 0 Å². The molecule has 0 radical (unpaired) electrons. The van der Waals surface area contributed by atoms with Gasteiger partial charge in [-0.05, 0) is 36.8 Å². The molecule has 2 rings (SSSR count). The van der Waals surface area contributed by atoms with Crippen molar-refractivity contribution in [1.82, 2.24) is 14.8 Å². The van der Waals surface area contributed by atoms with Crippen LogP contribution in [0.2, 0.25) is 0 Å². The molecule has 0 saturated heterocycles. The third kappa shape index (κ3) is 4.35. The topological polar surface area (TPSA) is 32.6 Å². The van der Waals surface area contributed by atoms with Crippen LogP contribution in [-0.4, -0.2) is 29.0 Å². The van der Waals surface area contributed by atoms with Gasteiger partial charge in [0, 0.05) is 32.5 Å². The number of aryl methyl sites for hydroxylation is 1. The molecule has 0 spiro atoms. The quantitative estimate of drug-likeness (QED) is 0.680. The van der Waals surface area contributed by atoms with Crippen molar-refractivity contribution in [3.05, 3.63) is 59.7 Å². The van der Waals surface area contributed by atoms with Crippen molar-refractivity contribution in [3.63, 3.8) is 0 Å². The lowest BCUT2D eigenvalue weighted by atomic mass is 10.2. The Bertz CT molecular complexity index is 633. The fourth-order valence-electron chi connectivity index (χ4n) is 2.25. The lowest BCUT2D eigenvalue weighted by Gasteiger charge is -2.22. The number of guanidine groups is 1. The number of aromatic nitrogens is 1. The predicted molar refractivity (Wildman–Crippen MR) is 88.1 cm³/mol. The molecule has 1 aromatic heterocycles. The fraction of sp³-hybridized carbons (Fsp3) is 0.353. The van der Waals surface area contributed by atoms with E-state index in [2.05, 4.69) is 25.8 Å². The number of nitrogens with zero attached hydrogens (tertiary/aromatic N) is 3. The lowest BCUT2D eigenvalue weighted by molar-refractivity contribution is 0.462. The summed E-state index contributed by atoms with van der Waals surface area (Å²) in [6.07, 6.45) is 2.03. The minimum Gasteiger partial charge on any atom is -0.357 e. The Morgan fingerprint density at radius 3 is 2.77 bits per heavy atom. The van der Waals surface area contributed by atoms with Crippen LogP contribution in [-0.2, 0) is 20.1 Å². The van der Waals surface area contributed by atoms with E-state index in [0.717, 1.165) is 24.6 Å². The minimum atomic E-state index is -0.227. The molecule has 118 valence electrons. The van der Waals surface area contributed by atoms with E-state index in [1.807, 2.05) is 39.3 Å². The third-order valence-electron chi connectivity index (χ3n) is 3.45. The molecule has 0 aliphatic carbocycles. The second kappa shape index (κ2) is 7.64. The summed E-state index contributed by atoms with van der Waals surface area (Å²) in [7, 11) is 4.03. The van der Waals surface area contributed by atoms with E-state index in [1.54, 1.807) is 6.07 Å². The van der Waals surface area contributed by atoms with Gasteiger partial charge in [0.1, 0.15) is 5.82 Å². The van der Waals surface area contributed by atoms with Crippen LogP contribution in [0, 0.1) is 5.82 Å². The van der Waals surface area contributed by atoms with Gasteiger partial charge in [0.2, 0.25) is 0 Å². The van der Waals surface area contributed by atoms with Gasteiger partial charge in [0.15, 0.2) is 5.96 Å². The van der Waals surface area contributed by atoms with Crippen molar-refractivity contribution >= 4 is 5.96 Å². The number of rotatable bonds is 5. The van der Waals surface area contributed by atoms with Gasteiger partial charge in [-0.3, -0.25) is 0 Å². The SMILES string of the molecule is CCNC(=NCc1cccc(F)c1)N(C)Cc1cccn1C. The summed E-state index contributed by atoms with van der Waals surface area (Å²) in [4.78, 5) is 6.66. The Hall–Kier alpha value is -2.30. The van der Waals surface area contributed by atoms with Crippen LogP contribution in [0.25, 0.3) is 0 Å². The van der Waals surface area contributed by atoms with E-state index in [4.69, 9.17) is 0 Å². The fourth-order valence-corrected chi connectivity index (χ4v) is 2.25. The van der Waals surface area contributed by atoms with Crippen LogP contribution in [0.3, 0.4) is 0 Å². The highest BCUT2D eigenvalue weighted by Crippen LogP contribution is 2.07. The van der Waals surface area contributed by atoms with Gasteiger partial charge < -0.3 is 14.8 Å². The number of hydrogen-bond donors (Lipinski definition) is 1. The van der Waals surface area contributed by atoms with Crippen molar-refractivity contribution in [1.29, 1.82) is 0 Å². The molecular weight excluding hydrogens is 279 g/mol. The van der Waals surface area contributed by atoms with E-state index in [0.29, 0.717) is 6.54 Å². The largest absolute Gasteiger partial charge is 0.357 e. The van der Waals surface area contributed by atoms with Gasteiger partial charge in [-0.1, -0.05) is 12.1 Å². The Kier molecular flexibility index (Phi) is 5.58. The van der Waals surface area contributed by atoms with Crippen molar-refractivity contribution < 1.29 is 4.39 Å². The summed E-state index contributed by atoms with van der Waals surface area (Å²) in [5, 5.41) is 3.27. The molecular formula is C17H23FN4. The van der Waals surface area contributed by atoms with Crippen LogP contribution in [0.5, 0.6) is 0 Å². The van der Waals surface area contributed by atoms with E-state index >= 15 is 0 Å². The van der Waals surface area contributed by atoms with Crippen molar-refractivity contribution in [2.24, 2.45) is 12.0 Å². The normalized spacial score (nSPS) is 11.5. The molecule has 4 nitrogen and oxygen atoms in total. The summed E-state index contributed by atoms with van der Waals surface area (Å²) in [6.45, 7) is 4.05. The Labute approximate surface area is 131 Å². The summed E-state index contributed by atoms with van der Waals surface area (Å²) >= 11 is 0. The summed E-state index contributed by atoms with van der Waals surface area (Å²) in [6, 6.07) is 10.7. The molecule has 22 heavy (non-hydrogen) atoms. The Morgan fingerprint density at radius 1 is 1.32 bits per heavy atom. The second-order valence-corrected chi connectivity index (χ2v) is 5.27. The first-order valence-electron chi connectivity index (χ1n) is 7.44. The second-order valence-electron chi connectivity index (χ2n) is 5.27. The minimum absolute atomic E-state index is 0.227. The monoisotopic (exact) mass is 302 g/mol. The predicted octanol–water partition coefficient (Wildman–Crippen LogP) is 2.76. The Morgan fingerprint density at radius 2 is 2.14 bits per heavy atom. The van der Waals surface area contributed by atoms with Gasteiger partial charge in [-0.15, -0.1) is 0 Å². The van der Waals surface area contributed by atoms with Crippen LogP contribution in [0.4, 0.5) is 4.39 Å². The molecule has 1 heterocycles. The highest BCUT2D eigenvalue weighted by atomic mass is 19.1. The zero-order valence-electron chi connectivity index (χ0n) is 13.4. The molecule has 0 saturated carbocycles. The summed E-state index contributed by atoms with van der Waals surface area (Å²) in [5.74, 6) is 0.586. The number of nitrogens with one attached hydrogen (secondary N) is 1. The average Bonchev–Trinajstić information content (AvgIpc) is 2.88. The molecule has 1 N–H and O–H groups in total. The first-order chi connectivity index (χ1) is 10.6. The maximum absolute atomic E-state index is 13.2. The van der Waals surface area contributed by atoms with E-state index in [9.17, 15) is 4.39 Å². The van der Waals surface area contributed by atoms with Gasteiger partial charge in [0.25, 0.3) is 0 Å². The van der Waals surface area contributed by atoms with E-state index < -0.39 is 0 Å². The molecule has 0 amide bonds. The molecule has 0 bridgehead atoms. The molecule has 2 aromatic rings. The summed E-state index contributed by atoms with van der Waals surface area (Å²) < 4.78 is 15.3. The first kappa shape index (κ1) is 16.1. The highest BCUT2D eigenvalue weighted by Gasteiger charge is 2.08. The van der Waals surface area contributed by atoms with E-state index in [-0.39, 0.29) is 5.82 Å². The highest BCUT2D eigenvalue weighted by molar-refractivity contribution is 5.79. The molecule has 0 atom stereocenters. The maximum atomic E-state index is 13.2. The zero-order valence-corrected chi connectivity index (χ0v) is 13.4. The number of hydrogen-bond acceptors (Lipinski definition) is 1. The standard InChI is InChI=1S/C17H23FN4/c1-4-19-17(20-12-14-7-5-8-15(18)11-14)22(3)13-16-9-6-10-21(16)2/h5-11H,4,12-13H2,1-3H3,(H,19,20).